The van der Waals surface area contributed by atoms with Gasteiger partial charge in [0, 0.05) is 85.8 Å². The Kier molecular flexibility index (Phi) is 15.7. The standard InChI is InChI=1S/C34H28BrN3.C22H18Br2N2.C12H11N.2CH4.CH3/c1-33(2)27-19-21(35)15-17-25(27)29-31(33)37-30-26-18-16-24(20-28(26)34(3,4)32(30)36-29)38(22-11-7-5-8-12-22)23-13-9-6-10-14-23;1-21(2)15-9-11(23)5-7-13(15)17-19(21)25-18-14-8-6-12(24)10-16(14)22(3,4)20(18)26-17;1-3-7-11(8-4-1)13-12-9-5-2-6-10-12;;;/h5-20H,1-4H3;5-10H,1-4H3;1-10,13H;2*1H4;1H3/q;;;;;-1. The minimum Gasteiger partial charge on any atom is -0.358 e. The largest absolute Gasteiger partial charge is 0.358 e. The molecule has 0 spiro atoms. The van der Waals surface area contributed by atoms with Gasteiger partial charge in [-0.3, -0.25) is 0 Å². The van der Waals surface area contributed by atoms with E-state index in [9.17, 15) is 0 Å². The molecule has 0 atom stereocenters. The number of para-hydroxylation sites is 4. The average molecular weight is 1250 g/mol. The molecule has 0 aliphatic heterocycles. The topological polar surface area (TPSA) is 66.8 Å². The zero-order chi connectivity index (χ0) is 53.6. The molecule has 2 aromatic heterocycles. The Bertz CT molecular complexity index is 3770. The molecule has 1 N–H and O–H groups in total. The number of halogens is 3. The van der Waals surface area contributed by atoms with Crippen molar-refractivity contribution in [2.75, 3.05) is 10.2 Å². The lowest BCUT2D eigenvalue weighted by Crippen LogP contribution is -2.20. The fraction of sp³-hybridized carbons (Fsp3) is 0.197. The first-order valence-electron chi connectivity index (χ1n) is 26.1. The molecule has 10 aromatic rings. The second-order valence-electron chi connectivity index (χ2n) is 22.4. The minimum absolute atomic E-state index is 0. The highest BCUT2D eigenvalue weighted by molar-refractivity contribution is 9.11. The molecule has 8 aromatic carbocycles. The monoisotopic (exact) mass is 1240 g/mol. The van der Waals surface area contributed by atoms with Gasteiger partial charge in [0.2, 0.25) is 0 Å². The van der Waals surface area contributed by atoms with Crippen molar-refractivity contribution >= 4 is 76.2 Å². The lowest BCUT2D eigenvalue weighted by Gasteiger charge is -2.27. The van der Waals surface area contributed by atoms with Crippen LogP contribution in [0, 0.1) is 7.43 Å². The number of rotatable bonds is 5. The molecule has 80 heavy (non-hydrogen) atoms. The zero-order valence-corrected chi connectivity index (χ0v) is 50.1. The van der Waals surface area contributed by atoms with E-state index in [-0.39, 0.29) is 43.9 Å². The maximum absolute atomic E-state index is 5.37. The van der Waals surface area contributed by atoms with Crippen LogP contribution in [0.2, 0.25) is 0 Å². The summed E-state index contributed by atoms with van der Waals surface area (Å²) in [7, 11) is 0. The van der Waals surface area contributed by atoms with E-state index in [1.54, 1.807) is 0 Å². The zero-order valence-electron chi connectivity index (χ0n) is 45.3. The summed E-state index contributed by atoms with van der Waals surface area (Å²) >= 11 is 10.9. The van der Waals surface area contributed by atoms with Gasteiger partial charge in [-0.15, -0.1) is 0 Å². The number of aromatic nitrogens is 4. The van der Waals surface area contributed by atoms with Gasteiger partial charge in [-0.2, -0.15) is 0 Å². The Morgan fingerprint density at radius 2 is 0.588 bits per heavy atom. The van der Waals surface area contributed by atoms with Crippen LogP contribution in [0.3, 0.4) is 0 Å². The van der Waals surface area contributed by atoms with E-state index in [0.717, 1.165) is 87.4 Å². The van der Waals surface area contributed by atoms with Crippen LogP contribution in [0.4, 0.5) is 28.4 Å². The Labute approximate surface area is 499 Å². The number of nitrogens with zero attached hydrogens (tertiary/aromatic N) is 5. The summed E-state index contributed by atoms with van der Waals surface area (Å²) in [6.45, 7) is 18.0. The Hall–Kier alpha value is -7.04. The summed E-state index contributed by atoms with van der Waals surface area (Å²) in [4.78, 5) is 23.5. The third kappa shape index (κ3) is 9.73. The summed E-state index contributed by atoms with van der Waals surface area (Å²) < 4.78 is 3.28. The van der Waals surface area contributed by atoms with E-state index in [0.29, 0.717) is 0 Å². The van der Waals surface area contributed by atoms with Crippen LogP contribution in [-0.4, -0.2) is 19.9 Å². The van der Waals surface area contributed by atoms with Gasteiger partial charge in [0.15, 0.2) is 0 Å². The van der Waals surface area contributed by atoms with Gasteiger partial charge in [0.1, 0.15) is 0 Å². The first kappa shape index (κ1) is 57.6. The van der Waals surface area contributed by atoms with Crippen LogP contribution < -0.4 is 10.2 Å². The van der Waals surface area contributed by atoms with Crippen LogP contribution in [0.1, 0.15) is 115 Å². The third-order valence-electron chi connectivity index (χ3n) is 15.9. The van der Waals surface area contributed by atoms with Crippen molar-refractivity contribution < 1.29 is 0 Å². The number of benzene rings is 8. The maximum Gasteiger partial charge on any atom is 0.0933 e. The van der Waals surface area contributed by atoms with Crippen LogP contribution in [-0.2, 0) is 21.7 Å². The van der Waals surface area contributed by atoms with E-state index >= 15 is 0 Å². The van der Waals surface area contributed by atoms with Crippen molar-refractivity contribution in [3.8, 4) is 45.0 Å². The quantitative estimate of drug-likeness (QED) is 0.173. The molecule has 9 heteroatoms. The van der Waals surface area contributed by atoms with Gasteiger partial charge in [0.25, 0.3) is 0 Å². The molecule has 0 radical (unpaired) electrons. The summed E-state index contributed by atoms with van der Waals surface area (Å²) in [5.41, 5.74) is 23.1. The van der Waals surface area contributed by atoms with E-state index in [1.165, 1.54) is 44.5 Å². The molecule has 6 nitrogen and oxygen atoms in total. The smallest absolute Gasteiger partial charge is 0.0933 e. The van der Waals surface area contributed by atoms with Gasteiger partial charge in [-0.25, -0.2) is 19.9 Å². The van der Waals surface area contributed by atoms with Crippen LogP contribution in [0.25, 0.3) is 45.0 Å². The summed E-state index contributed by atoms with van der Waals surface area (Å²) in [6.07, 6.45) is 0. The second kappa shape index (κ2) is 21.8. The maximum atomic E-state index is 5.37. The molecule has 4 aliphatic carbocycles. The average Bonchev–Trinajstić information content (AvgIpc) is 4.22. The summed E-state index contributed by atoms with van der Waals surface area (Å²) in [5.74, 6) is 0. The predicted octanol–water partition coefficient (Wildman–Crippen LogP) is 21.1. The third-order valence-corrected chi connectivity index (χ3v) is 17.4. The van der Waals surface area contributed by atoms with Gasteiger partial charge in [-0.05, 0) is 119 Å². The number of nitrogens with one attached hydrogen (secondary N) is 1. The van der Waals surface area contributed by atoms with Crippen molar-refractivity contribution in [3.63, 3.8) is 0 Å². The van der Waals surface area contributed by atoms with Crippen LogP contribution >= 0.6 is 47.8 Å². The van der Waals surface area contributed by atoms with Gasteiger partial charge in [0.05, 0.1) is 45.6 Å². The van der Waals surface area contributed by atoms with E-state index < -0.39 is 0 Å². The van der Waals surface area contributed by atoms with E-state index in [1.807, 2.05) is 60.7 Å². The molecule has 0 fully saturated rings. The molecule has 0 saturated heterocycles. The van der Waals surface area contributed by atoms with Gasteiger partial charge >= 0.3 is 0 Å². The Balaban J connectivity index is 0.000000159. The molecule has 0 unspecified atom stereocenters. The minimum atomic E-state index is -0.274. The van der Waals surface area contributed by atoms with Crippen molar-refractivity contribution in [2.24, 2.45) is 0 Å². The normalized spacial score (nSPS) is 14.5. The Morgan fingerprint density at radius 1 is 0.325 bits per heavy atom. The SMILES string of the molecule is C.C.CC1(C)c2cc(Br)ccc2-c2nc3c(nc21)-c1ccc(Br)cc1C3(C)C.CC1(C)c2cc(Br)ccc2-c2nc3c(nc21)-c1ccc(N(c2ccccc2)c2ccccc2)cc1C3(C)C.[CH3-].c1ccc(Nc2ccccc2)cc1. The lowest BCUT2D eigenvalue weighted by molar-refractivity contribution is 0.617. The van der Waals surface area contributed by atoms with Crippen molar-refractivity contribution in [3.05, 3.63) is 260 Å². The molecule has 0 saturated carbocycles. The molecule has 14 rings (SSSR count). The second-order valence-corrected chi connectivity index (χ2v) is 25.1. The van der Waals surface area contributed by atoms with E-state index in [2.05, 4.69) is 247 Å². The molecule has 2 heterocycles. The molecule has 0 bridgehead atoms. The highest BCUT2D eigenvalue weighted by Gasteiger charge is 2.46. The first-order chi connectivity index (χ1) is 36.9. The van der Waals surface area contributed by atoms with Crippen molar-refractivity contribution in [1.82, 2.24) is 19.9 Å². The number of hydrogen-bond donors (Lipinski definition) is 1. The van der Waals surface area contributed by atoms with E-state index in [4.69, 9.17) is 19.9 Å². The van der Waals surface area contributed by atoms with Crippen LogP contribution in [0.15, 0.2) is 208 Å². The molecule has 0 amide bonds. The highest BCUT2D eigenvalue weighted by atomic mass is 79.9. The fourth-order valence-corrected chi connectivity index (χ4v) is 12.9. The molecule has 404 valence electrons. The fourth-order valence-electron chi connectivity index (χ4n) is 11.8. The predicted molar refractivity (Wildman–Crippen MR) is 348 cm³/mol. The molecular formula is C71H68Br3N6-. The summed E-state index contributed by atoms with van der Waals surface area (Å²) in [5, 5.41) is 3.30. The number of anilines is 5. The van der Waals surface area contributed by atoms with Gasteiger partial charge < -0.3 is 17.6 Å². The Morgan fingerprint density at radius 3 is 0.887 bits per heavy atom. The highest BCUT2D eigenvalue weighted by Crippen LogP contribution is 2.56. The number of hydrogen-bond acceptors (Lipinski definition) is 6. The van der Waals surface area contributed by atoms with Crippen LogP contribution in [0.5, 0.6) is 0 Å². The first-order valence-corrected chi connectivity index (χ1v) is 28.5. The number of fused-ring (bicyclic) bond motifs is 12. The summed E-state index contributed by atoms with van der Waals surface area (Å²) in [6, 6.07) is 67.6. The molecular weight excluding hydrogens is 1180 g/mol. The molecule has 4 aliphatic rings. The lowest BCUT2D eigenvalue weighted by atomic mass is 9.84. The van der Waals surface area contributed by atoms with Gasteiger partial charge in [-0.1, -0.05) is 215 Å². The van der Waals surface area contributed by atoms with Crippen molar-refractivity contribution in [2.45, 2.75) is 91.9 Å². The van der Waals surface area contributed by atoms with Crippen molar-refractivity contribution in [1.29, 1.82) is 0 Å².